The maximum Gasteiger partial charge on any atom is 0.162 e. The van der Waals surface area contributed by atoms with Crippen LogP contribution in [0.2, 0.25) is 0 Å². The maximum absolute atomic E-state index is 4.53. The van der Waals surface area contributed by atoms with Gasteiger partial charge in [0.2, 0.25) is 0 Å². The van der Waals surface area contributed by atoms with Gasteiger partial charge in [-0.3, -0.25) is 4.98 Å². The van der Waals surface area contributed by atoms with Gasteiger partial charge < -0.3 is 0 Å². The molecule has 1 aromatic carbocycles. The number of aromatic nitrogens is 3. The molecule has 3 aromatic rings. The lowest BCUT2D eigenvalue weighted by Gasteiger charge is -2.03. The minimum Gasteiger partial charge on any atom is -0.264 e. The Morgan fingerprint density at radius 3 is 2.65 bits per heavy atom. The number of pyridine rings is 1. The normalized spacial score (nSPS) is 10.6. The van der Waals surface area contributed by atoms with Crippen LogP contribution >= 0.6 is 15.9 Å². The zero-order chi connectivity index (χ0) is 11.7. The smallest absolute Gasteiger partial charge is 0.162 e. The van der Waals surface area contributed by atoms with Crippen LogP contribution in [0.5, 0.6) is 0 Å². The predicted molar refractivity (Wildman–Crippen MR) is 70.5 cm³/mol. The fourth-order valence-electron chi connectivity index (χ4n) is 1.66. The second-order valence-electron chi connectivity index (χ2n) is 3.60. The Labute approximate surface area is 107 Å². The van der Waals surface area contributed by atoms with E-state index in [9.17, 15) is 0 Å². The molecule has 0 saturated carbocycles. The van der Waals surface area contributed by atoms with E-state index in [2.05, 4.69) is 30.9 Å². The molecule has 0 saturated heterocycles. The molecule has 0 aliphatic heterocycles. The Bertz CT molecular complexity index is 668. The van der Waals surface area contributed by atoms with Crippen LogP contribution < -0.4 is 0 Å². The second-order valence-corrected chi connectivity index (χ2v) is 4.35. The predicted octanol–water partition coefficient (Wildman–Crippen LogP) is 3.45. The molecule has 0 fully saturated rings. The topological polar surface area (TPSA) is 38.7 Å². The van der Waals surface area contributed by atoms with Crippen LogP contribution in [0.3, 0.4) is 0 Å². The van der Waals surface area contributed by atoms with Crippen molar-refractivity contribution in [2.75, 3.05) is 0 Å². The molecule has 0 aliphatic rings. The van der Waals surface area contributed by atoms with Gasteiger partial charge in [-0.15, -0.1) is 0 Å². The Hall–Kier alpha value is -1.81. The maximum atomic E-state index is 4.53. The van der Waals surface area contributed by atoms with Crippen LogP contribution in [0.25, 0.3) is 22.3 Å². The number of nitrogens with zero attached hydrogens (tertiary/aromatic N) is 3. The van der Waals surface area contributed by atoms with Crippen molar-refractivity contribution in [2.24, 2.45) is 0 Å². The van der Waals surface area contributed by atoms with Gasteiger partial charge in [-0.1, -0.05) is 18.2 Å². The average molecular weight is 286 g/mol. The summed E-state index contributed by atoms with van der Waals surface area (Å²) in [5.41, 5.74) is 1.84. The summed E-state index contributed by atoms with van der Waals surface area (Å²) in [7, 11) is 0. The third kappa shape index (κ3) is 1.91. The van der Waals surface area contributed by atoms with Gasteiger partial charge in [0, 0.05) is 23.3 Å². The molecule has 0 spiro atoms. The van der Waals surface area contributed by atoms with Gasteiger partial charge >= 0.3 is 0 Å². The number of fused-ring (bicyclic) bond motifs is 1. The van der Waals surface area contributed by atoms with Crippen molar-refractivity contribution in [3.8, 4) is 11.4 Å². The Morgan fingerprint density at radius 1 is 0.941 bits per heavy atom. The lowest BCUT2D eigenvalue weighted by molar-refractivity contribution is 1.18. The molecular formula is C13H8BrN3. The van der Waals surface area contributed by atoms with E-state index in [4.69, 9.17) is 0 Å². The molecule has 3 rings (SSSR count). The van der Waals surface area contributed by atoms with Gasteiger partial charge in [-0.25, -0.2) is 9.97 Å². The largest absolute Gasteiger partial charge is 0.264 e. The van der Waals surface area contributed by atoms with E-state index in [0.717, 1.165) is 21.1 Å². The van der Waals surface area contributed by atoms with Crippen molar-refractivity contribution in [1.29, 1.82) is 0 Å². The third-order valence-electron chi connectivity index (χ3n) is 2.48. The summed E-state index contributed by atoms with van der Waals surface area (Å²) in [6.45, 7) is 0. The first-order chi connectivity index (χ1) is 8.34. The highest BCUT2D eigenvalue weighted by Gasteiger charge is 2.06. The fourth-order valence-corrected chi connectivity index (χ4v) is 2.17. The molecule has 17 heavy (non-hydrogen) atoms. The average Bonchev–Trinajstić information content (AvgIpc) is 2.40. The minimum atomic E-state index is 0.684. The summed E-state index contributed by atoms with van der Waals surface area (Å²) in [5.74, 6) is 0.684. The first-order valence-electron chi connectivity index (χ1n) is 5.17. The molecule has 2 aromatic heterocycles. The number of hydrogen-bond acceptors (Lipinski definition) is 3. The van der Waals surface area contributed by atoms with E-state index in [1.807, 2.05) is 36.4 Å². The van der Waals surface area contributed by atoms with Gasteiger partial charge in [0.1, 0.15) is 4.60 Å². The SMILES string of the molecule is Brc1nc(-c2cccnc2)nc2ccccc12. The molecule has 82 valence electrons. The first-order valence-corrected chi connectivity index (χ1v) is 5.96. The molecule has 0 unspecified atom stereocenters. The van der Waals surface area contributed by atoms with E-state index in [0.29, 0.717) is 5.82 Å². The van der Waals surface area contributed by atoms with Crippen LogP contribution in [-0.2, 0) is 0 Å². The summed E-state index contributed by atoms with van der Waals surface area (Å²) < 4.78 is 0.807. The highest BCUT2D eigenvalue weighted by Crippen LogP contribution is 2.24. The number of hydrogen-bond donors (Lipinski definition) is 0. The van der Waals surface area contributed by atoms with Crippen LogP contribution in [0.4, 0.5) is 0 Å². The Morgan fingerprint density at radius 2 is 1.82 bits per heavy atom. The van der Waals surface area contributed by atoms with Crippen molar-refractivity contribution in [1.82, 2.24) is 15.0 Å². The number of rotatable bonds is 1. The van der Waals surface area contributed by atoms with Crippen molar-refractivity contribution < 1.29 is 0 Å². The van der Waals surface area contributed by atoms with Gasteiger partial charge in [-0.05, 0) is 34.1 Å². The van der Waals surface area contributed by atoms with Gasteiger partial charge in [0.05, 0.1) is 5.52 Å². The molecule has 0 aliphatic carbocycles. The minimum absolute atomic E-state index is 0.684. The highest BCUT2D eigenvalue weighted by atomic mass is 79.9. The van der Waals surface area contributed by atoms with Crippen LogP contribution in [0.1, 0.15) is 0 Å². The third-order valence-corrected chi connectivity index (χ3v) is 3.08. The van der Waals surface area contributed by atoms with E-state index in [-0.39, 0.29) is 0 Å². The summed E-state index contributed by atoms with van der Waals surface area (Å²) in [6, 6.07) is 11.7. The van der Waals surface area contributed by atoms with E-state index < -0.39 is 0 Å². The van der Waals surface area contributed by atoms with Crippen molar-refractivity contribution in [3.63, 3.8) is 0 Å². The number of halogens is 1. The molecular weight excluding hydrogens is 278 g/mol. The highest BCUT2D eigenvalue weighted by molar-refractivity contribution is 9.10. The summed E-state index contributed by atoms with van der Waals surface area (Å²) >= 11 is 3.47. The van der Waals surface area contributed by atoms with Crippen LogP contribution in [0, 0.1) is 0 Å². The lowest BCUT2D eigenvalue weighted by Crippen LogP contribution is -1.92. The summed E-state index contributed by atoms with van der Waals surface area (Å²) in [4.78, 5) is 13.0. The van der Waals surface area contributed by atoms with E-state index in [1.54, 1.807) is 12.4 Å². The monoisotopic (exact) mass is 285 g/mol. The number of para-hydroxylation sites is 1. The summed E-state index contributed by atoms with van der Waals surface area (Å²) in [6.07, 6.45) is 3.50. The molecule has 3 nitrogen and oxygen atoms in total. The summed E-state index contributed by atoms with van der Waals surface area (Å²) in [5, 5.41) is 1.01. The van der Waals surface area contributed by atoms with Gasteiger partial charge in [-0.2, -0.15) is 0 Å². The van der Waals surface area contributed by atoms with Gasteiger partial charge in [0.15, 0.2) is 5.82 Å². The van der Waals surface area contributed by atoms with Crippen LogP contribution in [0.15, 0.2) is 53.4 Å². The number of benzene rings is 1. The second kappa shape index (κ2) is 4.22. The quantitative estimate of drug-likeness (QED) is 0.643. The zero-order valence-electron chi connectivity index (χ0n) is 8.84. The standard InChI is InChI=1S/C13H8BrN3/c14-12-10-5-1-2-6-11(10)16-13(17-12)9-4-3-7-15-8-9/h1-8H. The zero-order valence-corrected chi connectivity index (χ0v) is 10.4. The molecule has 0 radical (unpaired) electrons. The molecule has 0 atom stereocenters. The molecule has 4 heteroatoms. The molecule has 0 amide bonds. The van der Waals surface area contributed by atoms with Crippen LogP contribution in [-0.4, -0.2) is 15.0 Å². The van der Waals surface area contributed by atoms with E-state index >= 15 is 0 Å². The first kappa shape index (κ1) is 10.4. The fraction of sp³-hybridized carbons (Fsp3) is 0. The Balaban J connectivity index is 2.26. The molecule has 0 bridgehead atoms. The molecule has 2 heterocycles. The van der Waals surface area contributed by atoms with Crippen molar-refractivity contribution in [3.05, 3.63) is 53.4 Å². The Kier molecular flexibility index (Phi) is 2.57. The lowest BCUT2D eigenvalue weighted by atomic mass is 10.2. The van der Waals surface area contributed by atoms with Crippen molar-refractivity contribution in [2.45, 2.75) is 0 Å². The van der Waals surface area contributed by atoms with Gasteiger partial charge in [0.25, 0.3) is 0 Å². The van der Waals surface area contributed by atoms with E-state index in [1.165, 1.54) is 0 Å². The van der Waals surface area contributed by atoms with Crippen molar-refractivity contribution >= 4 is 26.8 Å². The molecule has 0 N–H and O–H groups in total.